The van der Waals surface area contributed by atoms with Crippen molar-refractivity contribution in [2.45, 2.75) is 13.8 Å². The first-order valence-electron chi connectivity index (χ1n) is 3.34. The molecule has 0 atom stereocenters. The van der Waals surface area contributed by atoms with Crippen LogP contribution in [0.5, 0.6) is 0 Å². The van der Waals surface area contributed by atoms with Crippen molar-refractivity contribution in [1.82, 2.24) is 8.75 Å². The Balaban J connectivity index is 3.01. The summed E-state index contributed by atoms with van der Waals surface area (Å²) in [5.41, 5.74) is 3.09. The van der Waals surface area contributed by atoms with Crippen LogP contribution in [0.2, 0.25) is 0 Å². The zero-order chi connectivity index (χ0) is 8.27. The molecule has 0 N–H and O–H groups in total. The van der Waals surface area contributed by atoms with E-state index in [1.807, 2.05) is 19.9 Å². The first kappa shape index (κ1) is 8.14. The van der Waals surface area contributed by atoms with Gasteiger partial charge in [0.15, 0.2) is 0 Å². The lowest BCUT2D eigenvalue weighted by Gasteiger charge is -1.92. The second-order valence-corrected chi connectivity index (χ2v) is 2.81. The van der Waals surface area contributed by atoms with E-state index in [1.165, 1.54) is 11.7 Å². The molecule has 0 fully saturated rings. The molecule has 0 aliphatic rings. The van der Waals surface area contributed by atoms with E-state index < -0.39 is 0 Å². The molecule has 2 nitrogen and oxygen atoms in total. The highest BCUT2D eigenvalue weighted by Gasteiger charge is 2.02. The van der Waals surface area contributed by atoms with E-state index in [2.05, 4.69) is 15.3 Å². The minimum Gasteiger partial charge on any atom is -0.178 e. The molecule has 0 aliphatic carbocycles. The Kier molecular flexibility index (Phi) is 2.54. The van der Waals surface area contributed by atoms with Gasteiger partial charge >= 0.3 is 0 Å². The quantitative estimate of drug-likeness (QED) is 0.631. The average molecular weight is 166 g/mol. The maximum Gasteiger partial charge on any atom is 0.103 e. The Morgan fingerprint density at radius 2 is 2.27 bits per heavy atom. The van der Waals surface area contributed by atoms with Crippen molar-refractivity contribution in [3.8, 4) is 0 Å². The van der Waals surface area contributed by atoms with Crippen LogP contribution >= 0.6 is 11.7 Å². The highest BCUT2D eigenvalue weighted by Crippen LogP contribution is 2.15. The molecule has 1 rings (SSSR count). The highest BCUT2D eigenvalue weighted by molar-refractivity contribution is 6.99. The lowest BCUT2D eigenvalue weighted by atomic mass is 10.2. The van der Waals surface area contributed by atoms with Gasteiger partial charge in [-0.05, 0) is 19.4 Å². The van der Waals surface area contributed by atoms with Gasteiger partial charge in [0.25, 0.3) is 0 Å². The molecule has 0 unspecified atom stereocenters. The third kappa shape index (κ3) is 1.74. The molecule has 58 valence electrons. The van der Waals surface area contributed by atoms with Crippen LogP contribution in [0.25, 0.3) is 5.57 Å². The summed E-state index contributed by atoms with van der Waals surface area (Å²) < 4.78 is 8.22. The molecule has 0 saturated carbocycles. The van der Waals surface area contributed by atoms with Crippen molar-refractivity contribution in [3.63, 3.8) is 0 Å². The van der Waals surface area contributed by atoms with Gasteiger partial charge in [0.2, 0.25) is 0 Å². The third-order valence-corrected chi connectivity index (χ3v) is 2.01. The zero-order valence-electron chi connectivity index (χ0n) is 6.66. The third-order valence-electron chi connectivity index (χ3n) is 1.39. The standard InChI is InChI=1S/C8H10N2S/c1-4-5-6(2)8-7(3)9-11-10-8/h4-5H,1H2,2-3H3/b6-5-. The Morgan fingerprint density at radius 3 is 2.73 bits per heavy atom. The Bertz CT molecular complexity index is 286. The fourth-order valence-electron chi connectivity index (χ4n) is 0.845. The summed E-state index contributed by atoms with van der Waals surface area (Å²) in [7, 11) is 0. The predicted octanol–water partition coefficient (Wildman–Crippen LogP) is 2.44. The summed E-state index contributed by atoms with van der Waals surface area (Å²) in [4.78, 5) is 0. The average Bonchev–Trinajstić information content (AvgIpc) is 2.36. The number of allylic oxidation sites excluding steroid dienone is 3. The molecular formula is C8H10N2S. The number of aromatic nitrogens is 2. The fourth-order valence-corrected chi connectivity index (χ4v) is 1.45. The van der Waals surface area contributed by atoms with Crippen molar-refractivity contribution in [1.29, 1.82) is 0 Å². The SMILES string of the molecule is C=C/C=C(/C)c1nsnc1C. The summed E-state index contributed by atoms with van der Waals surface area (Å²) in [5, 5.41) is 0. The molecule has 0 aromatic carbocycles. The van der Waals surface area contributed by atoms with Crippen LogP contribution in [0.15, 0.2) is 18.7 Å². The highest BCUT2D eigenvalue weighted by atomic mass is 32.1. The number of nitrogens with zero attached hydrogens (tertiary/aromatic N) is 2. The number of rotatable bonds is 2. The van der Waals surface area contributed by atoms with Crippen LogP contribution in [0, 0.1) is 6.92 Å². The van der Waals surface area contributed by atoms with E-state index in [4.69, 9.17) is 0 Å². The molecule has 0 radical (unpaired) electrons. The minimum absolute atomic E-state index is 0.981. The molecule has 0 bridgehead atoms. The summed E-state index contributed by atoms with van der Waals surface area (Å²) in [6.07, 6.45) is 3.69. The van der Waals surface area contributed by atoms with Crippen LogP contribution in [-0.4, -0.2) is 8.75 Å². The van der Waals surface area contributed by atoms with Crippen LogP contribution in [0.3, 0.4) is 0 Å². The molecule has 1 aromatic heterocycles. The van der Waals surface area contributed by atoms with Crippen LogP contribution < -0.4 is 0 Å². The molecular weight excluding hydrogens is 156 g/mol. The minimum atomic E-state index is 0.981. The van der Waals surface area contributed by atoms with Gasteiger partial charge in [-0.2, -0.15) is 8.75 Å². The number of aryl methyl sites for hydroxylation is 1. The summed E-state index contributed by atoms with van der Waals surface area (Å²) in [6, 6.07) is 0. The second kappa shape index (κ2) is 3.44. The van der Waals surface area contributed by atoms with E-state index in [-0.39, 0.29) is 0 Å². The fraction of sp³-hybridized carbons (Fsp3) is 0.250. The monoisotopic (exact) mass is 166 g/mol. The second-order valence-electron chi connectivity index (χ2n) is 2.28. The zero-order valence-corrected chi connectivity index (χ0v) is 7.48. The van der Waals surface area contributed by atoms with Gasteiger partial charge in [-0.3, -0.25) is 0 Å². The topological polar surface area (TPSA) is 25.8 Å². The van der Waals surface area contributed by atoms with E-state index in [0.29, 0.717) is 0 Å². The normalized spacial score (nSPS) is 11.6. The Labute approximate surface area is 70.6 Å². The van der Waals surface area contributed by atoms with E-state index in [9.17, 15) is 0 Å². The maximum atomic E-state index is 4.15. The smallest absolute Gasteiger partial charge is 0.103 e. The summed E-state index contributed by atoms with van der Waals surface area (Å²) in [6.45, 7) is 7.58. The van der Waals surface area contributed by atoms with Gasteiger partial charge in [-0.1, -0.05) is 18.7 Å². The molecule has 0 aliphatic heterocycles. The van der Waals surface area contributed by atoms with Crippen LogP contribution in [0.1, 0.15) is 18.3 Å². The Hall–Kier alpha value is -0.960. The first-order chi connectivity index (χ1) is 5.25. The lowest BCUT2D eigenvalue weighted by molar-refractivity contribution is 1.28. The molecule has 11 heavy (non-hydrogen) atoms. The van der Waals surface area contributed by atoms with Crippen LogP contribution in [-0.2, 0) is 0 Å². The number of hydrogen-bond acceptors (Lipinski definition) is 3. The van der Waals surface area contributed by atoms with Gasteiger partial charge in [-0.15, -0.1) is 0 Å². The molecule has 3 heteroatoms. The van der Waals surface area contributed by atoms with Crippen LogP contribution in [0.4, 0.5) is 0 Å². The molecule has 0 amide bonds. The van der Waals surface area contributed by atoms with E-state index in [1.54, 1.807) is 6.08 Å². The van der Waals surface area contributed by atoms with Gasteiger partial charge in [0.05, 0.1) is 17.4 Å². The molecule has 1 aromatic rings. The maximum absolute atomic E-state index is 4.15. The van der Waals surface area contributed by atoms with Crippen molar-refractivity contribution in [2.24, 2.45) is 0 Å². The molecule has 1 heterocycles. The van der Waals surface area contributed by atoms with Crippen molar-refractivity contribution >= 4 is 17.3 Å². The molecule has 0 saturated heterocycles. The van der Waals surface area contributed by atoms with Gasteiger partial charge in [0, 0.05) is 0 Å². The Morgan fingerprint density at radius 1 is 1.55 bits per heavy atom. The van der Waals surface area contributed by atoms with Crippen molar-refractivity contribution in [2.75, 3.05) is 0 Å². The molecule has 0 spiro atoms. The van der Waals surface area contributed by atoms with E-state index in [0.717, 1.165) is 17.0 Å². The lowest BCUT2D eigenvalue weighted by Crippen LogP contribution is -1.82. The summed E-state index contributed by atoms with van der Waals surface area (Å²) in [5.74, 6) is 0. The van der Waals surface area contributed by atoms with Crippen molar-refractivity contribution < 1.29 is 0 Å². The first-order valence-corrected chi connectivity index (χ1v) is 4.07. The van der Waals surface area contributed by atoms with Gasteiger partial charge in [0.1, 0.15) is 5.69 Å². The van der Waals surface area contributed by atoms with Crippen molar-refractivity contribution in [3.05, 3.63) is 30.1 Å². The van der Waals surface area contributed by atoms with Gasteiger partial charge in [-0.25, -0.2) is 0 Å². The summed E-state index contributed by atoms with van der Waals surface area (Å²) >= 11 is 1.25. The van der Waals surface area contributed by atoms with E-state index >= 15 is 0 Å². The van der Waals surface area contributed by atoms with Gasteiger partial charge < -0.3 is 0 Å². The predicted molar refractivity (Wildman–Crippen MR) is 48.5 cm³/mol. The number of hydrogen-bond donors (Lipinski definition) is 0. The largest absolute Gasteiger partial charge is 0.178 e.